The highest BCUT2D eigenvalue weighted by Gasteiger charge is 2.26. The van der Waals surface area contributed by atoms with Crippen molar-refractivity contribution in [2.24, 2.45) is 0 Å². The lowest BCUT2D eigenvalue weighted by Crippen LogP contribution is -2.48. The lowest BCUT2D eigenvalue weighted by atomic mass is 10.1. The van der Waals surface area contributed by atoms with Crippen LogP contribution in [0.4, 0.5) is 5.69 Å². The number of halogens is 1. The van der Waals surface area contributed by atoms with E-state index >= 15 is 0 Å². The molecule has 1 heterocycles. The van der Waals surface area contributed by atoms with Crippen LogP contribution in [0.15, 0.2) is 18.2 Å². The second-order valence-electron chi connectivity index (χ2n) is 4.37. The van der Waals surface area contributed by atoms with Gasteiger partial charge in [-0.25, -0.2) is 0 Å². The highest BCUT2D eigenvalue weighted by Crippen LogP contribution is 2.22. The van der Waals surface area contributed by atoms with Crippen LogP contribution in [0.3, 0.4) is 0 Å². The number of carbonyl (C=O) groups is 1. The van der Waals surface area contributed by atoms with E-state index in [1.54, 1.807) is 18.2 Å². The van der Waals surface area contributed by atoms with Gasteiger partial charge >= 0.3 is 0 Å². The maximum Gasteiger partial charge on any atom is 0.254 e. The number of hydrogen-bond donors (Lipinski definition) is 1. The van der Waals surface area contributed by atoms with Crippen LogP contribution >= 0.6 is 11.6 Å². The molecule has 18 heavy (non-hydrogen) atoms. The normalized spacial score (nSPS) is 19.9. The van der Waals surface area contributed by atoms with Crippen molar-refractivity contribution in [2.75, 3.05) is 25.5 Å². The largest absolute Gasteiger partial charge is 0.398 e. The summed E-state index contributed by atoms with van der Waals surface area (Å²) in [6, 6.07) is 5.14. The molecule has 0 aromatic heterocycles. The van der Waals surface area contributed by atoms with Crippen LogP contribution in [-0.2, 0) is 4.74 Å². The zero-order chi connectivity index (χ0) is 13.1. The molecule has 1 saturated heterocycles. The molecule has 1 aliphatic rings. The van der Waals surface area contributed by atoms with Gasteiger partial charge in [0.05, 0.1) is 30.0 Å². The summed E-state index contributed by atoms with van der Waals surface area (Å²) in [4.78, 5) is 14.3. The number of nitrogens with two attached hydrogens (primary N) is 1. The standard InChI is InChI=1S/C13H17ClN2O2/c1-2-10-8-18-6-5-16(10)13(17)9-3-4-11(14)12(15)7-9/h3-4,7,10H,2,5-6,8,15H2,1H3. The summed E-state index contributed by atoms with van der Waals surface area (Å²) in [7, 11) is 0. The van der Waals surface area contributed by atoms with Gasteiger partial charge in [-0.05, 0) is 24.6 Å². The molecule has 2 N–H and O–H groups in total. The lowest BCUT2D eigenvalue weighted by molar-refractivity contribution is -0.00279. The summed E-state index contributed by atoms with van der Waals surface area (Å²) >= 11 is 5.86. The predicted octanol–water partition coefficient (Wildman–Crippen LogP) is 2.17. The van der Waals surface area contributed by atoms with Crippen LogP contribution in [0.2, 0.25) is 5.02 Å². The van der Waals surface area contributed by atoms with Crippen molar-refractivity contribution in [3.05, 3.63) is 28.8 Å². The second kappa shape index (κ2) is 5.59. The number of morpholine rings is 1. The number of nitrogen functional groups attached to an aromatic ring is 1. The van der Waals surface area contributed by atoms with Gasteiger partial charge in [0.25, 0.3) is 5.91 Å². The van der Waals surface area contributed by atoms with Crippen LogP contribution < -0.4 is 5.73 Å². The fourth-order valence-electron chi connectivity index (χ4n) is 2.10. The van der Waals surface area contributed by atoms with Gasteiger partial charge in [0.15, 0.2) is 0 Å². The molecule has 1 amide bonds. The molecule has 4 nitrogen and oxygen atoms in total. The van der Waals surface area contributed by atoms with Crippen molar-refractivity contribution in [3.63, 3.8) is 0 Å². The molecular formula is C13H17ClN2O2. The topological polar surface area (TPSA) is 55.6 Å². The Balaban J connectivity index is 2.21. The molecule has 1 aromatic rings. The average Bonchev–Trinajstić information content (AvgIpc) is 2.41. The van der Waals surface area contributed by atoms with E-state index in [1.165, 1.54) is 0 Å². The van der Waals surface area contributed by atoms with Crippen molar-refractivity contribution < 1.29 is 9.53 Å². The minimum absolute atomic E-state index is 0.00600. The Kier molecular flexibility index (Phi) is 4.09. The Labute approximate surface area is 112 Å². The Morgan fingerprint density at radius 2 is 2.39 bits per heavy atom. The number of ether oxygens (including phenoxy) is 1. The molecule has 5 heteroatoms. The molecule has 0 aliphatic carbocycles. The number of carbonyl (C=O) groups excluding carboxylic acids is 1. The summed E-state index contributed by atoms with van der Waals surface area (Å²) in [6.45, 7) is 3.87. The molecule has 1 fully saturated rings. The first kappa shape index (κ1) is 13.2. The summed E-state index contributed by atoms with van der Waals surface area (Å²) in [5, 5.41) is 0.473. The van der Waals surface area contributed by atoms with Gasteiger partial charge in [-0.3, -0.25) is 4.79 Å². The molecule has 98 valence electrons. The maximum absolute atomic E-state index is 12.4. The smallest absolute Gasteiger partial charge is 0.254 e. The average molecular weight is 269 g/mol. The molecular weight excluding hydrogens is 252 g/mol. The fourth-order valence-corrected chi connectivity index (χ4v) is 2.22. The molecule has 0 radical (unpaired) electrons. The van der Waals surface area contributed by atoms with Crippen molar-refractivity contribution in [1.82, 2.24) is 4.90 Å². The van der Waals surface area contributed by atoms with Crippen molar-refractivity contribution in [2.45, 2.75) is 19.4 Å². The molecule has 1 atom stereocenters. The third-order valence-corrected chi connectivity index (χ3v) is 3.55. The Morgan fingerprint density at radius 1 is 1.61 bits per heavy atom. The van der Waals surface area contributed by atoms with Gasteiger partial charge in [0.2, 0.25) is 0 Å². The first-order chi connectivity index (χ1) is 8.63. The predicted molar refractivity (Wildman–Crippen MR) is 71.8 cm³/mol. The summed E-state index contributed by atoms with van der Waals surface area (Å²) in [5.41, 5.74) is 6.74. The van der Waals surface area contributed by atoms with Crippen LogP contribution in [0, 0.1) is 0 Å². The number of benzene rings is 1. The second-order valence-corrected chi connectivity index (χ2v) is 4.78. The van der Waals surface area contributed by atoms with Gasteiger partial charge in [-0.1, -0.05) is 18.5 Å². The van der Waals surface area contributed by atoms with E-state index in [0.717, 1.165) is 6.42 Å². The lowest BCUT2D eigenvalue weighted by Gasteiger charge is -2.35. The van der Waals surface area contributed by atoms with Crippen LogP contribution in [0.25, 0.3) is 0 Å². The summed E-state index contributed by atoms with van der Waals surface area (Å²) in [6.07, 6.45) is 0.884. The van der Waals surface area contributed by atoms with E-state index in [1.807, 2.05) is 4.90 Å². The van der Waals surface area contributed by atoms with Crippen molar-refractivity contribution in [1.29, 1.82) is 0 Å². The van der Waals surface area contributed by atoms with Crippen LogP contribution in [-0.4, -0.2) is 36.6 Å². The Morgan fingerprint density at radius 3 is 3.06 bits per heavy atom. The van der Waals surface area contributed by atoms with Crippen molar-refractivity contribution >= 4 is 23.2 Å². The fraction of sp³-hybridized carbons (Fsp3) is 0.462. The SMILES string of the molecule is CCC1COCCN1C(=O)c1ccc(Cl)c(N)c1. The van der Waals surface area contributed by atoms with E-state index < -0.39 is 0 Å². The van der Waals surface area contributed by atoms with E-state index in [4.69, 9.17) is 22.1 Å². The van der Waals surface area contributed by atoms with Crippen molar-refractivity contribution in [3.8, 4) is 0 Å². The zero-order valence-corrected chi connectivity index (χ0v) is 11.1. The maximum atomic E-state index is 12.4. The van der Waals surface area contributed by atoms with E-state index in [0.29, 0.717) is 36.0 Å². The van der Waals surface area contributed by atoms with E-state index in [2.05, 4.69) is 6.92 Å². The number of anilines is 1. The summed E-state index contributed by atoms with van der Waals surface area (Å²) in [5.74, 6) is -0.00600. The van der Waals surface area contributed by atoms with Gasteiger partial charge in [-0.2, -0.15) is 0 Å². The van der Waals surface area contributed by atoms with Gasteiger partial charge in [-0.15, -0.1) is 0 Å². The highest BCUT2D eigenvalue weighted by atomic mass is 35.5. The van der Waals surface area contributed by atoms with Gasteiger partial charge in [0.1, 0.15) is 0 Å². The zero-order valence-electron chi connectivity index (χ0n) is 10.4. The minimum Gasteiger partial charge on any atom is -0.398 e. The number of hydrogen-bond acceptors (Lipinski definition) is 3. The van der Waals surface area contributed by atoms with Crippen LogP contribution in [0.1, 0.15) is 23.7 Å². The molecule has 0 spiro atoms. The molecule has 2 rings (SSSR count). The Bertz CT molecular complexity index is 451. The van der Waals surface area contributed by atoms with E-state index in [-0.39, 0.29) is 11.9 Å². The molecule has 0 saturated carbocycles. The first-order valence-electron chi connectivity index (χ1n) is 6.07. The number of nitrogens with zero attached hydrogens (tertiary/aromatic N) is 1. The Hall–Kier alpha value is -1.26. The van der Waals surface area contributed by atoms with Crippen LogP contribution in [0.5, 0.6) is 0 Å². The van der Waals surface area contributed by atoms with E-state index in [9.17, 15) is 4.79 Å². The molecule has 0 bridgehead atoms. The monoisotopic (exact) mass is 268 g/mol. The van der Waals surface area contributed by atoms with Gasteiger partial charge in [0, 0.05) is 12.1 Å². The molecule has 1 unspecified atom stereocenters. The minimum atomic E-state index is -0.00600. The molecule has 1 aromatic carbocycles. The number of amides is 1. The quantitative estimate of drug-likeness (QED) is 0.837. The number of rotatable bonds is 2. The third kappa shape index (κ3) is 2.60. The first-order valence-corrected chi connectivity index (χ1v) is 6.45. The van der Waals surface area contributed by atoms with Gasteiger partial charge < -0.3 is 15.4 Å². The molecule has 1 aliphatic heterocycles. The highest BCUT2D eigenvalue weighted by molar-refractivity contribution is 6.33. The summed E-state index contributed by atoms with van der Waals surface area (Å²) < 4.78 is 5.39. The third-order valence-electron chi connectivity index (χ3n) is 3.20.